The summed E-state index contributed by atoms with van der Waals surface area (Å²) in [6.45, 7) is 3.49. The Morgan fingerprint density at radius 3 is 2.65 bits per heavy atom. The Balaban J connectivity index is 1.23. The minimum absolute atomic E-state index is 0.0839. The van der Waals surface area contributed by atoms with Crippen LogP contribution < -0.4 is 10.1 Å². The van der Waals surface area contributed by atoms with E-state index < -0.39 is 11.9 Å². The van der Waals surface area contributed by atoms with Gasteiger partial charge in [-0.1, -0.05) is 30.3 Å². The van der Waals surface area contributed by atoms with Gasteiger partial charge in [0.2, 0.25) is 11.8 Å². The van der Waals surface area contributed by atoms with Crippen molar-refractivity contribution in [3.8, 4) is 5.75 Å². The summed E-state index contributed by atoms with van der Waals surface area (Å²) in [5, 5.41) is 2.33. The van der Waals surface area contributed by atoms with E-state index >= 15 is 0 Å². The summed E-state index contributed by atoms with van der Waals surface area (Å²) in [5.41, 5.74) is 3.50. The normalized spacial score (nSPS) is 23.1. The number of imide groups is 1. The van der Waals surface area contributed by atoms with Crippen molar-refractivity contribution in [2.75, 3.05) is 19.8 Å². The zero-order valence-corrected chi connectivity index (χ0v) is 18.9. The number of carbonyl (C=O) groups excluding carboxylic acids is 3. The van der Waals surface area contributed by atoms with E-state index in [9.17, 15) is 14.4 Å². The summed E-state index contributed by atoms with van der Waals surface area (Å²) in [4.78, 5) is 40.4. The number of hydrogen-bond donors (Lipinski definition) is 1. The number of ether oxygens (including phenoxy) is 2. The van der Waals surface area contributed by atoms with Crippen LogP contribution >= 0.6 is 0 Å². The Kier molecular flexibility index (Phi) is 6.39. The molecule has 34 heavy (non-hydrogen) atoms. The van der Waals surface area contributed by atoms with Crippen molar-refractivity contribution in [2.24, 2.45) is 0 Å². The predicted molar refractivity (Wildman–Crippen MR) is 124 cm³/mol. The predicted octanol–water partition coefficient (Wildman–Crippen LogP) is 1.35. The fourth-order valence-electron chi connectivity index (χ4n) is 4.68. The molecule has 1 N–H and O–H groups in total. The van der Waals surface area contributed by atoms with Crippen LogP contribution in [0.4, 0.5) is 0 Å². The molecule has 9 heteroatoms. The molecular weight excluding hydrogens is 433 g/mol. The van der Waals surface area contributed by atoms with E-state index in [1.807, 2.05) is 18.2 Å². The van der Waals surface area contributed by atoms with E-state index in [-0.39, 0.29) is 30.7 Å². The number of hydrogen-bond acceptors (Lipinski definition) is 6. The highest BCUT2D eigenvalue weighted by molar-refractivity contribution is 6.11. The fraction of sp³-hybridized carbons (Fsp3) is 0.400. The van der Waals surface area contributed by atoms with Crippen molar-refractivity contribution in [3.05, 3.63) is 64.7 Å². The highest BCUT2D eigenvalue weighted by atomic mass is 16.5. The zero-order chi connectivity index (χ0) is 23.7. The van der Waals surface area contributed by atoms with Crippen LogP contribution in [0.1, 0.15) is 39.9 Å². The van der Waals surface area contributed by atoms with E-state index in [4.69, 9.17) is 17.3 Å². The number of amides is 3. The zero-order valence-electron chi connectivity index (χ0n) is 18.9. The average molecular weight is 459 g/mol. The Morgan fingerprint density at radius 1 is 1.09 bits per heavy atom. The number of nitrogens with one attached hydrogen (secondary N) is 1. The van der Waals surface area contributed by atoms with Crippen LogP contribution in [-0.2, 0) is 34.0 Å². The van der Waals surface area contributed by atoms with E-state index in [0.717, 1.165) is 24.2 Å². The van der Waals surface area contributed by atoms with Gasteiger partial charge >= 0.3 is 0 Å². The molecule has 0 aliphatic carbocycles. The summed E-state index contributed by atoms with van der Waals surface area (Å²) in [7, 11) is 6.11. The molecule has 3 aliphatic heterocycles. The molecule has 3 amide bonds. The third-order valence-electron chi connectivity index (χ3n) is 6.62. The summed E-state index contributed by atoms with van der Waals surface area (Å²) >= 11 is 0. The lowest BCUT2D eigenvalue weighted by Gasteiger charge is -2.33. The fourth-order valence-corrected chi connectivity index (χ4v) is 4.68. The lowest BCUT2D eigenvalue weighted by atomic mass is 9.94. The van der Waals surface area contributed by atoms with E-state index in [1.54, 1.807) is 12.1 Å². The highest BCUT2D eigenvalue weighted by Gasteiger charge is 2.40. The number of fused-ring (bicyclic) bond motifs is 1. The molecule has 0 aromatic heterocycles. The number of nitrogens with zero attached hydrogens (tertiary/aromatic N) is 2. The molecule has 2 aromatic rings. The first kappa shape index (κ1) is 22.6. The molecule has 2 radical (unpaired) electrons. The highest BCUT2D eigenvalue weighted by Crippen LogP contribution is 2.34. The maximum absolute atomic E-state index is 13.0. The smallest absolute Gasteiger partial charge is 0.255 e. The molecule has 3 heterocycles. The van der Waals surface area contributed by atoms with Crippen LogP contribution in [0.25, 0.3) is 0 Å². The molecule has 0 saturated carbocycles. The number of morpholine rings is 1. The quantitative estimate of drug-likeness (QED) is 0.519. The first-order valence-electron chi connectivity index (χ1n) is 11.5. The van der Waals surface area contributed by atoms with Crippen molar-refractivity contribution < 1.29 is 23.9 Å². The van der Waals surface area contributed by atoms with Crippen molar-refractivity contribution in [1.29, 1.82) is 0 Å². The van der Waals surface area contributed by atoms with Crippen molar-refractivity contribution in [2.45, 2.75) is 44.5 Å². The van der Waals surface area contributed by atoms with Crippen LogP contribution in [0, 0.1) is 0 Å². The molecule has 5 rings (SSSR count). The van der Waals surface area contributed by atoms with Gasteiger partial charge in [-0.25, -0.2) is 0 Å². The molecule has 174 valence electrons. The number of piperidine rings is 1. The third kappa shape index (κ3) is 4.58. The second-order valence-corrected chi connectivity index (χ2v) is 8.90. The number of rotatable bonds is 6. The number of benzene rings is 2. The maximum atomic E-state index is 13.0. The molecule has 0 spiro atoms. The summed E-state index contributed by atoms with van der Waals surface area (Å²) in [6, 6.07) is 13.0. The Hall–Kier alpha value is -3.17. The van der Waals surface area contributed by atoms with Crippen molar-refractivity contribution >= 4 is 25.6 Å². The van der Waals surface area contributed by atoms with E-state index in [0.29, 0.717) is 37.6 Å². The number of carbonyl (C=O) groups is 3. The molecule has 2 atom stereocenters. The minimum Gasteiger partial charge on any atom is -0.489 e. The molecule has 3 aliphatic rings. The molecule has 2 unspecified atom stereocenters. The monoisotopic (exact) mass is 459 g/mol. The Morgan fingerprint density at radius 2 is 1.88 bits per heavy atom. The van der Waals surface area contributed by atoms with Gasteiger partial charge in [0.25, 0.3) is 5.91 Å². The molecule has 2 fully saturated rings. The van der Waals surface area contributed by atoms with Crippen LogP contribution in [0.2, 0.25) is 0 Å². The summed E-state index contributed by atoms with van der Waals surface area (Å²) < 4.78 is 11.5. The van der Waals surface area contributed by atoms with Crippen molar-refractivity contribution in [1.82, 2.24) is 15.1 Å². The van der Waals surface area contributed by atoms with E-state index in [1.165, 1.54) is 10.5 Å². The largest absolute Gasteiger partial charge is 0.489 e. The maximum Gasteiger partial charge on any atom is 0.255 e. The van der Waals surface area contributed by atoms with Gasteiger partial charge in [0.1, 0.15) is 18.4 Å². The summed E-state index contributed by atoms with van der Waals surface area (Å²) in [6.07, 6.45) is 0.565. The van der Waals surface area contributed by atoms with Gasteiger partial charge in [0.05, 0.1) is 27.6 Å². The van der Waals surface area contributed by atoms with Gasteiger partial charge in [0.15, 0.2) is 0 Å². The first-order chi connectivity index (χ1) is 16.5. The first-order valence-corrected chi connectivity index (χ1v) is 11.5. The Bertz CT molecular complexity index is 1110. The van der Waals surface area contributed by atoms with Gasteiger partial charge < -0.3 is 19.3 Å². The second-order valence-electron chi connectivity index (χ2n) is 8.90. The van der Waals surface area contributed by atoms with Gasteiger partial charge in [-0.2, -0.15) is 0 Å². The van der Waals surface area contributed by atoms with Crippen LogP contribution in [0.5, 0.6) is 5.75 Å². The van der Waals surface area contributed by atoms with Crippen LogP contribution in [0.3, 0.4) is 0 Å². The SMILES string of the molecule is [B]C1COCCN1Cc1ccc(COc2cccc3c2CN(C2CCC(=O)NC2=O)C3=O)cc1. The molecule has 8 nitrogen and oxygen atoms in total. The Labute approximate surface area is 199 Å². The second kappa shape index (κ2) is 9.60. The lowest BCUT2D eigenvalue weighted by Crippen LogP contribution is -2.52. The molecule has 2 aromatic carbocycles. The average Bonchev–Trinajstić information content (AvgIpc) is 3.17. The molecule has 2 saturated heterocycles. The third-order valence-corrected chi connectivity index (χ3v) is 6.62. The van der Waals surface area contributed by atoms with Crippen LogP contribution in [0.15, 0.2) is 42.5 Å². The standard InChI is InChI=1S/C25H26BN3O5/c26-22-15-33-11-10-28(22)12-16-4-6-17(7-5-16)14-34-21-3-1-2-18-19(21)13-29(25(18)32)20-8-9-23(30)27-24(20)31/h1-7,20,22H,8-15H2,(H,27,30,31). The molecular formula is C25H26BN3O5. The molecule has 0 bridgehead atoms. The van der Waals surface area contributed by atoms with Gasteiger partial charge in [0, 0.05) is 30.6 Å². The van der Waals surface area contributed by atoms with E-state index in [2.05, 4.69) is 22.3 Å². The van der Waals surface area contributed by atoms with Gasteiger partial charge in [-0.3, -0.25) is 19.7 Å². The topological polar surface area (TPSA) is 88.2 Å². The van der Waals surface area contributed by atoms with Gasteiger partial charge in [-0.15, -0.1) is 0 Å². The summed E-state index contributed by atoms with van der Waals surface area (Å²) in [5.74, 6) is -0.379. The van der Waals surface area contributed by atoms with Crippen LogP contribution in [-0.4, -0.2) is 67.1 Å². The minimum atomic E-state index is -0.641. The van der Waals surface area contributed by atoms with Gasteiger partial charge in [-0.05, 0) is 35.6 Å². The van der Waals surface area contributed by atoms with Crippen molar-refractivity contribution in [3.63, 3.8) is 0 Å². The lowest BCUT2D eigenvalue weighted by molar-refractivity contribution is -0.136.